The van der Waals surface area contributed by atoms with Gasteiger partial charge in [-0.3, -0.25) is 19.3 Å². The van der Waals surface area contributed by atoms with Crippen LogP contribution in [0.1, 0.15) is 53.2 Å². The maximum atomic E-state index is 12.6. The Morgan fingerprint density at radius 1 is 1.23 bits per heavy atom. The van der Waals surface area contributed by atoms with Crippen LogP contribution in [0.3, 0.4) is 0 Å². The zero-order chi connectivity index (χ0) is 24.5. The zero-order valence-electron chi connectivity index (χ0n) is 19.7. The molecule has 0 spiro atoms. The lowest BCUT2D eigenvalue weighted by atomic mass is 9.97. The van der Waals surface area contributed by atoms with Crippen LogP contribution in [0.2, 0.25) is 0 Å². The highest BCUT2D eigenvalue weighted by Crippen LogP contribution is 2.34. The van der Waals surface area contributed by atoms with Gasteiger partial charge in [0.2, 0.25) is 5.91 Å². The van der Waals surface area contributed by atoms with Crippen LogP contribution < -0.4 is 11.1 Å². The van der Waals surface area contributed by atoms with Gasteiger partial charge in [-0.1, -0.05) is 19.1 Å². The number of nitrogen functional groups attached to an aromatic ring is 1. The van der Waals surface area contributed by atoms with E-state index in [9.17, 15) is 9.59 Å². The fourth-order valence-electron chi connectivity index (χ4n) is 4.58. The first-order valence-corrected chi connectivity index (χ1v) is 12.5. The van der Waals surface area contributed by atoms with Crippen molar-refractivity contribution in [2.75, 3.05) is 24.1 Å². The van der Waals surface area contributed by atoms with Gasteiger partial charge in [0, 0.05) is 60.0 Å². The summed E-state index contributed by atoms with van der Waals surface area (Å²) in [6.45, 7) is 5.26. The molecule has 1 aromatic carbocycles. The topological polar surface area (TPSA) is 119 Å². The van der Waals surface area contributed by atoms with Gasteiger partial charge in [0.1, 0.15) is 22.9 Å². The van der Waals surface area contributed by atoms with E-state index in [1.54, 1.807) is 24.5 Å². The molecule has 35 heavy (non-hydrogen) atoms. The number of piperidine rings is 1. The summed E-state index contributed by atoms with van der Waals surface area (Å²) < 4.78 is 1.99. The van der Waals surface area contributed by atoms with E-state index in [0.717, 1.165) is 41.2 Å². The van der Waals surface area contributed by atoms with Crippen molar-refractivity contribution in [1.29, 1.82) is 0 Å². The Bertz CT molecular complexity index is 1390. The highest BCUT2D eigenvalue weighted by molar-refractivity contribution is 7.15. The lowest BCUT2D eigenvalue weighted by Gasteiger charge is -2.32. The molecular weight excluding hydrogens is 462 g/mol. The highest BCUT2D eigenvalue weighted by atomic mass is 32.1. The number of nitrogens with one attached hydrogen (secondary N) is 1. The van der Waals surface area contributed by atoms with Crippen LogP contribution in [0.4, 0.5) is 10.9 Å². The number of benzene rings is 1. The highest BCUT2D eigenvalue weighted by Gasteiger charge is 2.28. The van der Waals surface area contributed by atoms with Crippen LogP contribution in [0, 0.1) is 6.92 Å². The molecule has 1 saturated heterocycles. The lowest BCUT2D eigenvalue weighted by molar-refractivity contribution is -0.132. The summed E-state index contributed by atoms with van der Waals surface area (Å²) in [6, 6.07) is 7.28. The summed E-state index contributed by atoms with van der Waals surface area (Å²) in [5.41, 5.74) is 9.11. The van der Waals surface area contributed by atoms with Crippen molar-refractivity contribution >= 4 is 39.6 Å². The molecule has 3 N–H and O–H groups in total. The SMILES string of the molecule is CCC(=O)N1CCCC(c2nc(-c3ccc(C(=O)Nc4ncc(C)s4)cc3)c3c(N)nccn23)C1. The second kappa shape index (κ2) is 9.46. The van der Waals surface area contributed by atoms with Crippen molar-refractivity contribution in [1.82, 2.24) is 24.3 Å². The minimum atomic E-state index is -0.217. The first-order chi connectivity index (χ1) is 16.9. The number of hydrogen-bond acceptors (Lipinski definition) is 7. The standard InChI is InChI=1S/C25H27N7O2S/c1-3-19(33)31-11-4-5-18(14-31)23-29-20(21-22(26)27-10-12-32(21)23)16-6-8-17(9-7-16)24(34)30-25-28-13-15(2)35-25/h6-10,12-13,18H,3-5,11,14H2,1-2H3,(H2,26,27)(H,28,30,34). The normalized spacial score (nSPS) is 15.9. The number of anilines is 2. The molecule has 1 fully saturated rings. The van der Waals surface area contributed by atoms with E-state index in [1.165, 1.54) is 11.3 Å². The molecule has 180 valence electrons. The Labute approximate surface area is 207 Å². The third-order valence-corrected chi connectivity index (χ3v) is 7.14. The van der Waals surface area contributed by atoms with Gasteiger partial charge >= 0.3 is 0 Å². The van der Waals surface area contributed by atoms with E-state index in [2.05, 4.69) is 15.3 Å². The van der Waals surface area contributed by atoms with Gasteiger partial charge < -0.3 is 10.6 Å². The minimum absolute atomic E-state index is 0.106. The molecule has 0 saturated carbocycles. The number of thiazole rings is 1. The molecule has 5 rings (SSSR count). The summed E-state index contributed by atoms with van der Waals surface area (Å²) in [7, 11) is 0. The van der Waals surface area contributed by atoms with Gasteiger partial charge in [0.05, 0.1) is 0 Å². The number of likely N-dealkylation sites (tertiary alicyclic amines) is 1. The largest absolute Gasteiger partial charge is 0.382 e. The van der Waals surface area contributed by atoms with Crippen molar-refractivity contribution in [2.24, 2.45) is 0 Å². The van der Waals surface area contributed by atoms with Gasteiger partial charge in [-0.15, -0.1) is 11.3 Å². The average Bonchev–Trinajstić information content (AvgIpc) is 3.47. The van der Waals surface area contributed by atoms with E-state index in [-0.39, 0.29) is 17.7 Å². The minimum Gasteiger partial charge on any atom is -0.382 e. The van der Waals surface area contributed by atoms with Crippen LogP contribution in [-0.2, 0) is 4.79 Å². The molecule has 1 aliphatic heterocycles. The number of amides is 2. The molecule has 1 atom stereocenters. The quantitative estimate of drug-likeness (QED) is 0.435. The van der Waals surface area contributed by atoms with E-state index in [1.807, 2.05) is 41.5 Å². The Hall–Kier alpha value is -3.79. The number of carbonyl (C=O) groups excluding carboxylic acids is 2. The number of aromatic nitrogens is 4. The molecule has 10 heteroatoms. The summed E-state index contributed by atoms with van der Waals surface area (Å²) in [5.74, 6) is 1.32. The van der Waals surface area contributed by atoms with E-state index in [0.29, 0.717) is 35.2 Å². The number of hydrogen-bond donors (Lipinski definition) is 2. The second-order valence-corrected chi connectivity index (χ2v) is 9.92. The number of fused-ring (bicyclic) bond motifs is 1. The summed E-state index contributed by atoms with van der Waals surface area (Å²) in [4.78, 5) is 41.4. The number of rotatable bonds is 5. The monoisotopic (exact) mass is 489 g/mol. The third kappa shape index (κ3) is 4.49. The van der Waals surface area contributed by atoms with Gasteiger partial charge in [-0.2, -0.15) is 0 Å². The number of carbonyl (C=O) groups is 2. The Morgan fingerprint density at radius 2 is 2.03 bits per heavy atom. The van der Waals surface area contributed by atoms with Crippen molar-refractivity contribution in [2.45, 2.75) is 39.0 Å². The molecule has 0 radical (unpaired) electrons. The van der Waals surface area contributed by atoms with Gasteiger partial charge in [-0.05, 0) is 31.9 Å². The first-order valence-electron chi connectivity index (χ1n) is 11.7. The third-order valence-electron chi connectivity index (χ3n) is 6.31. The van der Waals surface area contributed by atoms with Crippen LogP contribution in [0.5, 0.6) is 0 Å². The molecule has 2 amide bonds. The first kappa shape index (κ1) is 23.0. The molecule has 1 unspecified atom stereocenters. The molecule has 0 bridgehead atoms. The van der Waals surface area contributed by atoms with Crippen molar-refractivity contribution in [3.05, 3.63) is 59.1 Å². The average molecular weight is 490 g/mol. The second-order valence-electron chi connectivity index (χ2n) is 8.69. The van der Waals surface area contributed by atoms with Gasteiger partial charge in [-0.25, -0.2) is 15.0 Å². The van der Waals surface area contributed by atoms with E-state index >= 15 is 0 Å². The van der Waals surface area contributed by atoms with Crippen LogP contribution in [-0.4, -0.2) is 49.2 Å². The van der Waals surface area contributed by atoms with Crippen LogP contribution in [0.25, 0.3) is 16.8 Å². The smallest absolute Gasteiger partial charge is 0.257 e. The molecule has 0 aliphatic carbocycles. The van der Waals surface area contributed by atoms with E-state index < -0.39 is 0 Å². The Morgan fingerprint density at radius 3 is 2.74 bits per heavy atom. The maximum Gasteiger partial charge on any atom is 0.257 e. The van der Waals surface area contributed by atoms with Gasteiger partial charge in [0.25, 0.3) is 5.91 Å². The van der Waals surface area contributed by atoms with Crippen LogP contribution in [0.15, 0.2) is 42.9 Å². The van der Waals surface area contributed by atoms with Crippen LogP contribution >= 0.6 is 11.3 Å². The van der Waals surface area contributed by atoms with Gasteiger partial charge in [0.15, 0.2) is 5.13 Å². The predicted octanol–water partition coefficient (Wildman–Crippen LogP) is 4.11. The van der Waals surface area contributed by atoms with E-state index in [4.69, 9.17) is 10.7 Å². The summed E-state index contributed by atoms with van der Waals surface area (Å²) in [5, 5.41) is 3.40. The van der Waals surface area contributed by atoms with Crippen molar-refractivity contribution in [3.63, 3.8) is 0 Å². The number of imidazole rings is 1. The Kier molecular flexibility index (Phi) is 6.21. The Balaban J connectivity index is 1.46. The lowest BCUT2D eigenvalue weighted by Crippen LogP contribution is -2.39. The molecule has 9 nitrogen and oxygen atoms in total. The number of aryl methyl sites for hydroxylation is 1. The fourth-order valence-corrected chi connectivity index (χ4v) is 5.24. The zero-order valence-corrected chi connectivity index (χ0v) is 20.5. The summed E-state index contributed by atoms with van der Waals surface area (Å²) >= 11 is 1.43. The molecule has 4 heterocycles. The maximum absolute atomic E-state index is 12.6. The fraction of sp³-hybridized carbons (Fsp3) is 0.320. The number of nitrogens with zero attached hydrogens (tertiary/aromatic N) is 5. The molecular formula is C25H27N7O2S. The molecule has 1 aliphatic rings. The van der Waals surface area contributed by atoms with Crippen molar-refractivity contribution < 1.29 is 9.59 Å². The molecule has 3 aromatic heterocycles. The number of nitrogens with two attached hydrogens (primary N) is 1. The predicted molar refractivity (Wildman–Crippen MR) is 136 cm³/mol. The molecule has 4 aromatic rings. The van der Waals surface area contributed by atoms with Crippen molar-refractivity contribution in [3.8, 4) is 11.3 Å². The summed E-state index contributed by atoms with van der Waals surface area (Å²) in [6.07, 6.45) is 7.65.